The van der Waals surface area contributed by atoms with Crippen molar-refractivity contribution in [3.63, 3.8) is 0 Å². The van der Waals surface area contributed by atoms with Crippen LogP contribution in [-0.2, 0) is 0 Å². The van der Waals surface area contributed by atoms with Crippen LogP contribution >= 0.6 is 0 Å². The molecule has 0 fully saturated rings. The van der Waals surface area contributed by atoms with Gasteiger partial charge in [0.2, 0.25) is 0 Å². The molecule has 2 aromatic rings. The number of nitrogens with one attached hydrogen (secondary N) is 1. The Morgan fingerprint density at radius 2 is 2.19 bits per heavy atom. The van der Waals surface area contributed by atoms with Crippen LogP contribution in [0.25, 0.3) is 10.8 Å². The topological polar surface area (TPSA) is 58.0 Å². The summed E-state index contributed by atoms with van der Waals surface area (Å²) in [7, 11) is 0. The van der Waals surface area contributed by atoms with Crippen LogP contribution < -0.4 is 5.32 Å². The second-order valence-electron chi connectivity index (χ2n) is 3.72. The summed E-state index contributed by atoms with van der Waals surface area (Å²) in [5, 5.41) is 22.6. The van der Waals surface area contributed by atoms with Crippen LogP contribution in [0.15, 0.2) is 30.5 Å². The largest absolute Gasteiger partial charge is 0.391 e. The molecule has 4 heteroatoms. The van der Waals surface area contributed by atoms with E-state index in [4.69, 9.17) is 0 Å². The summed E-state index contributed by atoms with van der Waals surface area (Å²) in [5.41, 5.74) is 0. The summed E-state index contributed by atoms with van der Waals surface area (Å²) in [4.78, 5) is 0. The van der Waals surface area contributed by atoms with Gasteiger partial charge < -0.3 is 10.4 Å². The molecule has 0 aliphatic rings. The van der Waals surface area contributed by atoms with Crippen LogP contribution in [0.2, 0.25) is 0 Å². The molecule has 84 valence electrons. The van der Waals surface area contributed by atoms with Gasteiger partial charge in [-0.15, -0.1) is 5.10 Å². The van der Waals surface area contributed by atoms with Crippen molar-refractivity contribution < 1.29 is 5.11 Å². The zero-order valence-electron chi connectivity index (χ0n) is 9.22. The van der Waals surface area contributed by atoms with Crippen LogP contribution in [0.3, 0.4) is 0 Å². The molecule has 0 aliphatic heterocycles. The van der Waals surface area contributed by atoms with E-state index < -0.39 is 0 Å². The molecule has 0 saturated carbocycles. The molecule has 0 amide bonds. The van der Waals surface area contributed by atoms with E-state index in [1.54, 1.807) is 6.20 Å². The fourth-order valence-electron chi connectivity index (χ4n) is 1.52. The molecule has 1 aromatic heterocycles. The summed E-state index contributed by atoms with van der Waals surface area (Å²) in [6, 6.07) is 7.91. The van der Waals surface area contributed by atoms with E-state index in [2.05, 4.69) is 15.5 Å². The number of nitrogens with zero attached hydrogens (tertiary/aromatic N) is 2. The number of hydrogen-bond acceptors (Lipinski definition) is 4. The van der Waals surface area contributed by atoms with Gasteiger partial charge in [-0.1, -0.05) is 31.2 Å². The number of hydrogen-bond donors (Lipinski definition) is 2. The Morgan fingerprint density at radius 1 is 1.38 bits per heavy atom. The fraction of sp³-hybridized carbons (Fsp3) is 0.333. The molecule has 0 aliphatic carbocycles. The highest BCUT2D eigenvalue weighted by Gasteiger charge is 2.04. The maximum Gasteiger partial charge on any atom is 0.156 e. The van der Waals surface area contributed by atoms with E-state index in [1.807, 2.05) is 31.2 Å². The number of fused-ring (bicyclic) bond motifs is 1. The molecule has 1 heterocycles. The number of rotatable bonds is 4. The van der Waals surface area contributed by atoms with Crippen LogP contribution in [0.1, 0.15) is 13.3 Å². The van der Waals surface area contributed by atoms with Gasteiger partial charge in [-0.2, -0.15) is 5.10 Å². The molecule has 4 nitrogen and oxygen atoms in total. The quantitative estimate of drug-likeness (QED) is 0.820. The average Bonchev–Trinajstić information content (AvgIpc) is 2.35. The molecule has 1 unspecified atom stereocenters. The highest BCUT2D eigenvalue weighted by molar-refractivity contribution is 5.90. The fourth-order valence-corrected chi connectivity index (χ4v) is 1.52. The predicted octanol–water partition coefficient (Wildman–Crippen LogP) is 1.81. The van der Waals surface area contributed by atoms with E-state index in [0.29, 0.717) is 6.54 Å². The van der Waals surface area contributed by atoms with Crippen LogP contribution in [-0.4, -0.2) is 28.0 Å². The van der Waals surface area contributed by atoms with Gasteiger partial charge in [0, 0.05) is 17.3 Å². The number of anilines is 1. The number of aromatic nitrogens is 2. The Hall–Kier alpha value is -1.68. The summed E-state index contributed by atoms with van der Waals surface area (Å²) in [5.74, 6) is 0.727. The number of aliphatic hydroxyl groups is 1. The highest BCUT2D eigenvalue weighted by Crippen LogP contribution is 2.18. The van der Waals surface area contributed by atoms with Crippen LogP contribution in [0.5, 0.6) is 0 Å². The van der Waals surface area contributed by atoms with Crippen molar-refractivity contribution in [1.82, 2.24) is 10.2 Å². The molecule has 0 spiro atoms. The third-order valence-corrected chi connectivity index (χ3v) is 2.55. The SMILES string of the molecule is CCC(O)CNc1nncc2ccccc12. The summed E-state index contributed by atoms with van der Waals surface area (Å²) < 4.78 is 0. The van der Waals surface area contributed by atoms with E-state index in [9.17, 15) is 5.11 Å². The summed E-state index contributed by atoms with van der Waals surface area (Å²) in [6.45, 7) is 2.44. The average molecular weight is 217 g/mol. The zero-order valence-corrected chi connectivity index (χ0v) is 9.22. The Morgan fingerprint density at radius 3 is 3.00 bits per heavy atom. The molecular weight excluding hydrogens is 202 g/mol. The smallest absolute Gasteiger partial charge is 0.156 e. The zero-order chi connectivity index (χ0) is 11.4. The molecule has 2 rings (SSSR count). The second kappa shape index (κ2) is 4.90. The van der Waals surface area contributed by atoms with E-state index >= 15 is 0 Å². The molecule has 1 aromatic carbocycles. The monoisotopic (exact) mass is 217 g/mol. The van der Waals surface area contributed by atoms with Crippen LogP contribution in [0.4, 0.5) is 5.82 Å². The van der Waals surface area contributed by atoms with Crippen molar-refractivity contribution in [2.45, 2.75) is 19.4 Å². The first kappa shape index (κ1) is 10.8. The van der Waals surface area contributed by atoms with E-state index in [-0.39, 0.29) is 6.10 Å². The maximum atomic E-state index is 9.48. The molecule has 0 saturated heterocycles. The molecule has 0 radical (unpaired) electrons. The third-order valence-electron chi connectivity index (χ3n) is 2.55. The Bertz CT molecular complexity index is 467. The van der Waals surface area contributed by atoms with Crippen molar-refractivity contribution in [1.29, 1.82) is 0 Å². The lowest BCUT2D eigenvalue weighted by Crippen LogP contribution is -2.19. The lowest BCUT2D eigenvalue weighted by Gasteiger charge is -2.10. The first-order chi connectivity index (χ1) is 7.81. The molecule has 16 heavy (non-hydrogen) atoms. The predicted molar refractivity (Wildman–Crippen MR) is 64.3 cm³/mol. The molecule has 2 N–H and O–H groups in total. The van der Waals surface area contributed by atoms with E-state index in [1.165, 1.54) is 0 Å². The number of aliphatic hydroxyl groups excluding tert-OH is 1. The Balaban J connectivity index is 2.23. The lowest BCUT2D eigenvalue weighted by molar-refractivity contribution is 0.183. The number of benzene rings is 1. The Kier molecular flexibility index (Phi) is 3.31. The highest BCUT2D eigenvalue weighted by atomic mass is 16.3. The van der Waals surface area contributed by atoms with Gasteiger partial charge >= 0.3 is 0 Å². The van der Waals surface area contributed by atoms with Gasteiger partial charge in [-0.05, 0) is 6.42 Å². The van der Waals surface area contributed by atoms with Crippen molar-refractivity contribution in [3.8, 4) is 0 Å². The summed E-state index contributed by atoms with van der Waals surface area (Å²) >= 11 is 0. The van der Waals surface area contributed by atoms with Crippen molar-refractivity contribution in [2.75, 3.05) is 11.9 Å². The minimum absolute atomic E-state index is 0.347. The van der Waals surface area contributed by atoms with Crippen molar-refractivity contribution in [3.05, 3.63) is 30.5 Å². The minimum Gasteiger partial charge on any atom is -0.391 e. The van der Waals surface area contributed by atoms with Gasteiger partial charge in [0.15, 0.2) is 5.82 Å². The van der Waals surface area contributed by atoms with Gasteiger partial charge in [0.05, 0.1) is 12.3 Å². The Labute approximate surface area is 94.3 Å². The lowest BCUT2D eigenvalue weighted by atomic mass is 10.2. The first-order valence-electron chi connectivity index (χ1n) is 5.43. The van der Waals surface area contributed by atoms with E-state index in [0.717, 1.165) is 23.0 Å². The van der Waals surface area contributed by atoms with Gasteiger partial charge in [-0.25, -0.2) is 0 Å². The second-order valence-corrected chi connectivity index (χ2v) is 3.72. The summed E-state index contributed by atoms with van der Waals surface area (Å²) in [6.07, 6.45) is 2.11. The first-order valence-corrected chi connectivity index (χ1v) is 5.43. The van der Waals surface area contributed by atoms with Crippen molar-refractivity contribution >= 4 is 16.6 Å². The van der Waals surface area contributed by atoms with Crippen LogP contribution in [0, 0.1) is 0 Å². The van der Waals surface area contributed by atoms with Gasteiger partial charge in [-0.3, -0.25) is 0 Å². The molecule has 0 bridgehead atoms. The normalized spacial score (nSPS) is 12.6. The minimum atomic E-state index is -0.347. The standard InChI is InChI=1S/C12H15N3O/c1-2-10(16)8-13-12-11-6-4-3-5-9(11)7-14-15-12/h3-7,10,16H,2,8H2,1H3,(H,13,15). The molecular formula is C12H15N3O. The third kappa shape index (κ3) is 2.28. The van der Waals surface area contributed by atoms with Gasteiger partial charge in [0.1, 0.15) is 0 Å². The maximum absolute atomic E-state index is 9.48. The van der Waals surface area contributed by atoms with Gasteiger partial charge in [0.25, 0.3) is 0 Å². The van der Waals surface area contributed by atoms with Crippen molar-refractivity contribution in [2.24, 2.45) is 0 Å². The molecule has 1 atom stereocenters.